The molecule has 1 amide bonds. The van der Waals surface area contributed by atoms with E-state index in [9.17, 15) is 4.79 Å². The van der Waals surface area contributed by atoms with Crippen LogP contribution >= 0.6 is 11.3 Å². The molecule has 3 aromatic heterocycles. The molecule has 1 aliphatic heterocycles. The van der Waals surface area contributed by atoms with Gasteiger partial charge in [0, 0.05) is 54.5 Å². The van der Waals surface area contributed by atoms with Crippen molar-refractivity contribution in [1.29, 1.82) is 0 Å². The first-order chi connectivity index (χ1) is 15.7. The molecule has 7 nitrogen and oxygen atoms in total. The number of fused-ring (bicyclic) bond motifs is 1. The predicted molar refractivity (Wildman–Crippen MR) is 130 cm³/mol. The average molecular weight is 445 g/mol. The van der Waals surface area contributed by atoms with Crippen LogP contribution in [0, 0.1) is 6.92 Å². The quantitative estimate of drug-likeness (QED) is 0.503. The van der Waals surface area contributed by atoms with Gasteiger partial charge >= 0.3 is 0 Å². The highest BCUT2D eigenvalue weighted by Crippen LogP contribution is 2.26. The maximum atomic E-state index is 12.4. The molecule has 1 N–H and O–H groups in total. The molecule has 4 aromatic rings. The highest BCUT2D eigenvalue weighted by atomic mass is 32.1. The molecule has 0 radical (unpaired) electrons. The van der Waals surface area contributed by atoms with Crippen molar-refractivity contribution in [3.8, 4) is 0 Å². The largest absolute Gasteiger partial charge is 0.353 e. The number of piperazine rings is 1. The van der Waals surface area contributed by atoms with E-state index >= 15 is 0 Å². The molecule has 0 bridgehead atoms. The number of pyridine rings is 1. The summed E-state index contributed by atoms with van der Waals surface area (Å²) in [5, 5.41) is 6.05. The normalized spacial score (nSPS) is 14.0. The number of rotatable bonds is 5. The molecular formula is C24H24N6OS. The van der Waals surface area contributed by atoms with Gasteiger partial charge in [0.05, 0.1) is 11.9 Å². The number of carbonyl (C=O) groups excluding carboxylic acids is 1. The Kier molecular flexibility index (Phi) is 5.68. The Morgan fingerprint density at radius 2 is 1.81 bits per heavy atom. The summed E-state index contributed by atoms with van der Waals surface area (Å²) in [6.45, 7) is 5.55. The van der Waals surface area contributed by atoms with Gasteiger partial charge in [-0.25, -0.2) is 15.0 Å². The van der Waals surface area contributed by atoms with Crippen LogP contribution in [0.25, 0.3) is 10.9 Å². The van der Waals surface area contributed by atoms with E-state index in [0.717, 1.165) is 65.0 Å². The SMILES string of the molecule is Cc1cc(N2CCN(c3ncccn3)CC2)nc2ccc(NC(=O)Cc3cccs3)cc12. The molecule has 5 rings (SSSR count). The van der Waals surface area contributed by atoms with Gasteiger partial charge in [-0.15, -0.1) is 11.3 Å². The number of hydrogen-bond acceptors (Lipinski definition) is 7. The minimum atomic E-state index is -0.00528. The molecule has 0 spiro atoms. The van der Waals surface area contributed by atoms with Gasteiger partial charge in [0.1, 0.15) is 5.82 Å². The fraction of sp³-hybridized carbons (Fsp3) is 0.250. The summed E-state index contributed by atoms with van der Waals surface area (Å²) in [4.78, 5) is 31.5. The van der Waals surface area contributed by atoms with Gasteiger partial charge in [-0.3, -0.25) is 4.79 Å². The van der Waals surface area contributed by atoms with Gasteiger partial charge in [-0.1, -0.05) is 6.07 Å². The van der Waals surface area contributed by atoms with Crippen LogP contribution in [0.2, 0.25) is 0 Å². The fourth-order valence-corrected chi connectivity index (χ4v) is 4.69. The Labute approximate surface area is 190 Å². The van der Waals surface area contributed by atoms with Crippen LogP contribution in [0.1, 0.15) is 10.4 Å². The lowest BCUT2D eigenvalue weighted by atomic mass is 10.1. The summed E-state index contributed by atoms with van der Waals surface area (Å²) in [5.74, 6) is 1.76. The monoisotopic (exact) mass is 444 g/mol. The first kappa shape index (κ1) is 20.4. The Morgan fingerprint density at radius 3 is 2.56 bits per heavy atom. The topological polar surface area (TPSA) is 74.2 Å². The van der Waals surface area contributed by atoms with Crippen LogP contribution in [0.15, 0.2) is 60.2 Å². The number of carbonyl (C=O) groups is 1. The van der Waals surface area contributed by atoms with Gasteiger partial charge < -0.3 is 15.1 Å². The second-order valence-corrected chi connectivity index (χ2v) is 8.89. The average Bonchev–Trinajstić information content (AvgIpc) is 3.33. The van der Waals surface area contributed by atoms with Crippen molar-refractivity contribution in [3.05, 3.63) is 70.7 Å². The minimum absolute atomic E-state index is 0.00528. The summed E-state index contributed by atoms with van der Waals surface area (Å²) in [6.07, 6.45) is 3.95. The number of hydrogen-bond donors (Lipinski definition) is 1. The van der Waals surface area contributed by atoms with Crippen molar-refractivity contribution in [3.63, 3.8) is 0 Å². The lowest BCUT2D eigenvalue weighted by molar-refractivity contribution is -0.115. The van der Waals surface area contributed by atoms with E-state index in [1.165, 1.54) is 0 Å². The molecule has 0 saturated carbocycles. The molecule has 4 heterocycles. The van der Waals surface area contributed by atoms with E-state index in [1.807, 2.05) is 41.8 Å². The fourth-order valence-electron chi connectivity index (χ4n) is 3.98. The van der Waals surface area contributed by atoms with E-state index in [2.05, 4.69) is 38.1 Å². The van der Waals surface area contributed by atoms with Crippen LogP contribution in [-0.2, 0) is 11.2 Å². The van der Waals surface area contributed by atoms with Crippen molar-refractivity contribution >= 4 is 45.6 Å². The maximum Gasteiger partial charge on any atom is 0.229 e. The van der Waals surface area contributed by atoms with Crippen LogP contribution in [0.3, 0.4) is 0 Å². The zero-order valence-corrected chi connectivity index (χ0v) is 18.7. The number of aryl methyl sites for hydroxylation is 1. The molecule has 8 heteroatoms. The summed E-state index contributed by atoms with van der Waals surface area (Å²) >= 11 is 1.60. The number of thiophene rings is 1. The molecule has 1 fully saturated rings. The third kappa shape index (κ3) is 4.40. The van der Waals surface area contributed by atoms with Crippen LogP contribution in [0.5, 0.6) is 0 Å². The molecule has 0 aliphatic carbocycles. The van der Waals surface area contributed by atoms with E-state index in [0.29, 0.717) is 6.42 Å². The zero-order chi connectivity index (χ0) is 21.9. The second-order valence-electron chi connectivity index (χ2n) is 7.86. The van der Waals surface area contributed by atoms with Gasteiger partial charge in [-0.2, -0.15) is 0 Å². The van der Waals surface area contributed by atoms with Crippen molar-refractivity contribution in [2.24, 2.45) is 0 Å². The van der Waals surface area contributed by atoms with E-state index in [-0.39, 0.29) is 5.91 Å². The van der Waals surface area contributed by atoms with Crippen molar-refractivity contribution in [1.82, 2.24) is 15.0 Å². The van der Waals surface area contributed by atoms with E-state index in [1.54, 1.807) is 23.7 Å². The number of nitrogens with zero attached hydrogens (tertiary/aromatic N) is 5. The molecule has 1 aliphatic rings. The van der Waals surface area contributed by atoms with Crippen LogP contribution in [-0.4, -0.2) is 47.0 Å². The number of benzene rings is 1. The molecule has 0 unspecified atom stereocenters. The Hall–Kier alpha value is -3.52. The molecular weight excluding hydrogens is 420 g/mol. The summed E-state index contributed by atoms with van der Waals surface area (Å²) in [6, 6.07) is 13.8. The summed E-state index contributed by atoms with van der Waals surface area (Å²) in [5.41, 5.74) is 2.88. The third-order valence-corrected chi connectivity index (χ3v) is 6.52. The molecule has 0 atom stereocenters. The third-order valence-electron chi connectivity index (χ3n) is 5.64. The van der Waals surface area contributed by atoms with Gasteiger partial charge in [-0.05, 0) is 54.3 Å². The van der Waals surface area contributed by atoms with Gasteiger partial charge in [0.15, 0.2) is 0 Å². The number of anilines is 3. The lowest BCUT2D eigenvalue weighted by Crippen LogP contribution is -2.47. The predicted octanol–water partition coefficient (Wildman–Crippen LogP) is 3.90. The first-order valence-electron chi connectivity index (χ1n) is 10.7. The smallest absolute Gasteiger partial charge is 0.229 e. The molecule has 1 aromatic carbocycles. The van der Waals surface area contributed by atoms with Gasteiger partial charge in [0.25, 0.3) is 0 Å². The zero-order valence-electron chi connectivity index (χ0n) is 17.9. The number of amides is 1. The Balaban J connectivity index is 1.29. The Bertz CT molecular complexity index is 1220. The lowest BCUT2D eigenvalue weighted by Gasteiger charge is -2.35. The van der Waals surface area contributed by atoms with E-state index < -0.39 is 0 Å². The van der Waals surface area contributed by atoms with Crippen molar-refractivity contribution in [2.45, 2.75) is 13.3 Å². The summed E-state index contributed by atoms with van der Waals surface area (Å²) in [7, 11) is 0. The minimum Gasteiger partial charge on any atom is -0.353 e. The van der Waals surface area contributed by atoms with Crippen LogP contribution < -0.4 is 15.1 Å². The highest BCUT2D eigenvalue weighted by molar-refractivity contribution is 7.10. The van der Waals surface area contributed by atoms with Crippen LogP contribution in [0.4, 0.5) is 17.5 Å². The number of nitrogens with one attached hydrogen (secondary N) is 1. The van der Waals surface area contributed by atoms with Gasteiger partial charge in [0.2, 0.25) is 11.9 Å². The summed E-state index contributed by atoms with van der Waals surface area (Å²) < 4.78 is 0. The Morgan fingerprint density at radius 1 is 1.03 bits per heavy atom. The molecule has 1 saturated heterocycles. The van der Waals surface area contributed by atoms with Crippen molar-refractivity contribution < 1.29 is 4.79 Å². The molecule has 162 valence electrons. The molecule has 32 heavy (non-hydrogen) atoms. The first-order valence-corrected chi connectivity index (χ1v) is 11.5. The maximum absolute atomic E-state index is 12.4. The second kappa shape index (κ2) is 8.92. The number of aromatic nitrogens is 3. The van der Waals surface area contributed by atoms with Crippen molar-refractivity contribution in [2.75, 3.05) is 41.3 Å². The standard InChI is InChI=1S/C24H24N6OS/c1-17-14-22(29-9-11-30(12-10-29)24-25-7-3-8-26-24)28-21-6-5-18(15-20(17)21)27-23(31)16-19-4-2-13-32-19/h2-8,13-15H,9-12,16H2,1H3,(H,27,31). The van der Waals surface area contributed by atoms with E-state index in [4.69, 9.17) is 4.98 Å². The highest BCUT2D eigenvalue weighted by Gasteiger charge is 2.20.